The van der Waals surface area contributed by atoms with E-state index >= 15 is 0 Å². The molecule has 0 radical (unpaired) electrons. The number of Topliss-reactive ketones (excluding diaryl/α,β-unsaturated/α-hetero) is 1. The van der Waals surface area contributed by atoms with Crippen LogP contribution in [0.15, 0.2) is 0 Å². The minimum atomic E-state index is -1.05. The van der Waals surface area contributed by atoms with Crippen LogP contribution in [0.25, 0.3) is 0 Å². The highest BCUT2D eigenvalue weighted by Gasteiger charge is 2.71. The molecule has 0 aliphatic heterocycles. The molecule has 6 unspecified atom stereocenters. The van der Waals surface area contributed by atoms with Crippen molar-refractivity contribution in [2.24, 2.45) is 17.3 Å². The maximum absolute atomic E-state index is 11.4. The van der Waals surface area contributed by atoms with Crippen molar-refractivity contribution >= 4 is 5.78 Å². The van der Waals surface area contributed by atoms with Crippen LogP contribution in [-0.2, 0) is 4.79 Å². The maximum Gasteiger partial charge on any atom is 0.190 e. The summed E-state index contributed by atoms with van der Waals surface area (Å²) in [5.41, 5.74) is -0.476. The lowest BCUT2D eigenvalue weighted by Gasteiger charge is -2.47. The van der Waals surface area contributed by atoms with E-state index in [-0.39, 0.29) is 11.8 Å². The van der Waals surface area contributed by atoms with Crippen molar-refractivity contribution in [1.29, 1.82) is 0 Å². The van der Waals surface area contributed by atoms with E-state index in [1.165, 1.54) is 0 Å². The molecular weight excluding hydrogens is 184 g/mol. The van der Waals surface area contributed by atoms with Gasteiger partial charge in [-0.15, -0.1) is 0 Å². The summed E-state index contributed by atoms with van der Waals surface area (Å²) in [7, 11) is 0. The molecule has 6 atom stereocenters. The second-order valence-electron chi connectivity index (χ2n) is 4.92. The Labute approximate surface area is 81.6 Å². The average Bonchev–Trinajstić information content (AvgIpc) is 2.40. The topological polar surface area (TPSA) is 77.8 Å². The first-order valence-electron chi connectivity index (χ1n) is 5.17. The fourth-order valence-corrected chi connectivity index (χ4v) is 3.89. The fraction of sp³-hybridized carbons (Fsp3) is 0.900. The van der Waals surface area contributed by atoms with Gasteiger partial charge in [-0.05, 0) is 25.2 Å². The van der Waals surface area contributed by atoms with Crippen LogP contribution in [0.3, 0.4) is 0 Å². The van der Waals surface area contributed by atoms with Gasteiger partial charge in [0.1, 0.15) is 12.2 Å². The van der Waals surface area contributed by atoms with Crippen molar-refractivity contribution in [3.05, 3.63) is 0 Å². The van der Waals surface area contributed by atoms with E-state index in [4.69, 9.17) is 0 Å². The van der Waals surface area contributed by atoms with Gasteiger partial charge in [0, 0.05) is 11.3 Å². The van der Waals surface area contributed by atoms with Gasteiger partial charge in [-0.1, -0.05) is 0 Å². The molecule has 14 heavy (non-hydrogen) atoms. The lowest BCUT2D eigenvalue weighted by atomic mass is 9.58. The number of carbonyl (C=O) groups excluding carboxylic acids is 1. The summed E-state index contributed by atoms with van der Waals surface area (Å²) in [4.78, 5) is 11.4. The normalized spacial score (nSPS) is 60.8. The molecule has 3 fully saturated rings. The fourth-order valence-electron chi connectivity index (χ4n) is 3.89. The van der Waals surface area contributed by atoms with Crippen LogP contribution in [0.2, 0.25) is 0 Å². The Hall–Kier alpha value is -0.450. The summed E-state index contributed by atoms with van der Waals surface area (Å²) >= 11 is 0. The van der Waals surface area contributed by atoms with Gasteiger partial charge in [0.15, 0.2) is 5.78 Å². The molecule has 0 bridgehead atoms. The zero-order chi connectivity index (χ0) is 10.1. The molecule has 0 aromatic carbocycles. The van der Waals surface area contributed by atoms with Crippen molar-refractivity contribution in [2.75, 3.05) is 0 Å². The summed E-state index contributed by atoms with van der Waals surface area (Å²) in [6.07, 6.45) is -0.429. The van der Waals surface area contributed by atoms with Crippen LogP contribution >= 0.6 is 0 Å². The summed E-state index contributed by atoms with van der Waals surface area (Å²) in [6.45, 7) is 0. The molecule has 3 aliphatic rings. The van der Waals surface area contributed by atoms with Gasteiger partial charge < -0.3 is 15.3 Å². The second-order valence-corrected chi connectivity index (χ2v) is 4.92. The largest absolute Gasteiger partial charge is 0.393 e. The quantitative estimate of drug-likeness (QED) is 0.470. The number of aliphatic hydroxyl groups is 3. The van der Waals surface area contributed by atoms with E-state index in [9.17, 15) is 20.1 Å². The molecule has 3 aliphatic carbocycles. The Morgan fingerprint density at radius 1 is 1.21 bits per heavy atom. The van der Waals surface area contributed by atoms with Crippen molar-refractivity contribution in [1.82, 2.24) is 0 Å². The van der Waals surface area contributed by atoms with Crippen LogP contribution in [0.4, 0.5) is 0 Å². The Balaban J connectivity index is 2.04. The SMILES string of the molecule is O=C1C(O)C2CC(O)C3CCC32C1O. The third-order valence-corrected chi connectivity index (χ3v) is 4.68. The maximum atomic E-state index is 11.4. The Morgan fingerprint density at radius 2 is 1.93 bits per heavy atom. The number of ketones is 1. The average molecular weight is 198 g/mol. The molecule has 0 heterocycles. The highest BCUT2D eigenvalue weighted by molar-refractivity contribution is 5.91. The Kier molecular flexibility index (Phi) is 1.50. The first kappa shape index (κ1) is 8.83. The van der Waals surface area contributed by atoms with E-state index < -0.39 is 29.5 Å². The van der Waals surface area contributed by atoms with E-state index in [1.807, 2.05) is 0 Å². The number of carbonyl (C=O) groups is 1. The molecule has 1 spiro atoms. The highest BCUT2D eigenvalue weighted by Crippen LogP contribution is 2.66. The Bertz CT molecular complexity index is 302. The van der Waals surface area contributed by atoms with Crippen LogP contribution < -0.4 is 0 Å². The van der Waals surface area contributed by atoms with Crippen LogP contribution in [0.1, 0.15) is 19.3 Å². The molecule has 3 rings (SSSR count). The van der Waals surface area contributed by atoms with Crippen LogP contribution in [-0.4, -0.2) is 39.4 Å². The summed E-state index contributed by atoms with van der Waals surface area (Å²) in [6, 6.07) is 0. The molecule has 0 aromatic rings. The van der Waals surface area contributed by atoms with Crippen molar-refractivity contribution in [3.63, 3.8) is 0 Å². The minimum absolute atomic E-state index is 0.0311. The summed E-state index contributed by atoms with van der Waals surface area (Å²) in [5, 5.41) is 29.2. The van der Waals surface area contributed by atoms with Gasteiger partial charge in [0.25, 0.3) is 0 Å². The van der Waals surface area contributed by atoms with Crippen molar-refractivity contribution < 1.29 is 20.1 Å². The van der Waals surface area contributed by atoms with Crippen molar-refractivity contribution in [2.45, 2.75) is 37.6 Å². The van der Waals surface area contributed by atoms with Crippen molar-refractivity contribution in [3.8, 4) is 0 Å². The molecule has 0 aromatic heterocycles. The standard InChI is InChI=1S/C10H14O4/c11-6-3-5-7(12)8(13)9(14)10(5)2-1-4(6)10/h4-7,9,11-12,14H,1-3H2. The second kappa shape index (κ2) is 2.38. The van der Waals surface area contributed by atoms with E-state index in [1.54, 1.807) is 0 Å². The molecule has 0 saturated heterocycles. The summed E-state index contributed by atoms with van der Waals surface area (Å²) < 4.78 is 0. The lowest BCUT2D eigenvalue weighted by molar-refractivity contribution is -0.140. The lowest BCUT2D eigenvalue weighted by Crippen LogP contribution is -2.49. The smallest absolute Gasteiger partial charge is 0.190 e. The molecule has 3 N–H and O–H groups in total. The van der Waals surface area contributed by atoms with Gasteiger partial charge in [0.05, 0.1) is 6.10 Å². The minimum Gasteiger partial charge on any atom is -0.393 e. The third kappa shape index (κ3) is 0.678. The predicted octanol–water partition coefficient (Wildman–Crippen LogP) is -0.932. The Morgan fingerprint density at radius 3 is 2.43 bits per heavy atom. The van der Waals surface area contributed by atoms with Crippen LogP contribution in [0, 0.1) is 17.3 Å². The van der Waals surface area contributed by atoms with E-state index in [2.05, 4.69) is 0 Å². The molecular formula is C10H14O4. The number of hydrogen-bond donors (Lipinski definition) is 3. The first-order chi connectivity index (χ1) is 6.59. The van der Waals surface area contributed by atoms with Gasteiger partial charge in [-0.25, -0.2) is 0 Å². The number of hydrogen-bond acceptors (Lipinski definition) is 4. The molecule has 4 nitrogen and oxygen atoms in total. The molecule has 4 heteroatoms. The zero-order valence-corrected chi connectivity index (χ0v) is 7.76. The molecule has 0 amide bonds. The molecule has 3 saturated carbocycles. The highest BCUT2D eigenvalue weighted by atomic mass is 16.3. The molecule has 78 valence electrons. The number of aliphatic hydroxyl groups excluding tert-OH is 3. The van der Waals surface area contributed by atoms with E-state index in [0.29, 0.717) is 6.42 Å². The number of rotatable bonds is 0. The van der Waals surface area contributed by atoms with Gasteiger partial charge in [0.2, 0.25) is 0 Å². The van der Waals surface area contributed by atoms with E-state index in [0.717, 1.165) is 12.8 Å². The van der Waals surface area contributed by atoms with Gasteiger partial charge >= 0.3 is 0 Å². The third-order valence-electron chi connectivity index (χ3n) is 4.68. The first-order valence-corrected chi connectivity index (χ1v) is 5.17. The van der Waals surface area contributed by atoms with Crippen LogP contribution in [0.5, 0.6) is 0 Å². The van der Waals surface area contributed by atoms with Gasteiger partial charge in [-0.2, -0.15) is 0 Å². The zero-order valence-electron chi connectivity index (χ0n) is 7.76. The van der Waals surface area contributed by atoms with Gasteiger partial charge in [-0.3, -0.25) is 4.79 Å². The predicted molar refractivity (Wildman–Crippen MR) is 46.3 cm³/mol. The summed E-state index contributed by atoms with van der Waals surface area (Å²) in [5.74, 6) is -0.617. The monoisotopic (exact) mass is 198 g/mol.